The van der Waals surface area contributed by atoms with Gasteiger partial charge in [-0.25, -0.2) is 0 Å². The molecule has 1 N–H and O–H groups in total. The topological polar surface area (TPSA) is 24.5 Å². The van der Waals surface area contributed by atoms with Gasteiger partial charge in [-0.3, -0.25) is 0 Å². The highest BCUT2D eigenvalue weighted by atomic mass is 16.5. The minimum atomic E-state index is 0.566. The minimum Gasteiger partial charge on any atom is -0.493 e. The van der Waals surface area contributed by atoms with Crippen LogP contribution in [0.1, 0.15) is 43.4 Å². The van der Waals surface area contributed by atoms with Crippen LogP contribution in [-0.4, -0.2) is 44.2 Å². The molecule has 130 valence electrons. The molecule has 1 aromatic carbocycles. The maximum Gasteiger partial charge on any atom is 0.125 e. The maximum atomic E-state index is 6.11. The standard InChI is InChI=1S/C20H34N2O/c1-16(2)15-23-20-18(4)13-17(3)14-19(20)7-5-6-10-22-11-8-21-9-12-22/h13-14,16,21H,5-12,15H2,1-4H3. The molecule has 0 atom stereocenters. The monoisotopic (exact) mass is 318 g/mol. The summed E-state index contributed by atoms with van der Waals surface area (Å²) in [5.41, 5.74) is 4.02. The Labute approximate surface area is 142 Å². The van der Waals surface area contributed by atoms with Crippen molar-refractivity contribution in [3.63, 3.8) is 0 Å². The number of unbranched alkanes of at least 4 members (excludes halogenated alkanes) is 1. The molecule has 2 rings (SSSR count). The van der Waals surface area contributed by atoms with Gasteiger partial charge in [-0.05, 0) is 56.7 Å². The second-order valence-corrected chi connectivity index (χ2v) is 7.32. The molecule has 1 aromatic rings. The molecule has 1 saturated heterocycles. The molecule has 0 radical (unpaired) electrons. The van der Waals surface area contributed by atoms with E-state index in [1.54, 1.807) is 0 Å². The lowest BCUT2D eigenvalue weighted by atomic mass is 10.0. The SMILES string of the molecule is Cc1cc(C)c(OCC(C)C)c(CCCCN2CCNCC2)c1. The first kappa shape index (κ1) is 18.3. The van der Waals surface area contributed by atoms with Gasteiger partial charge >= 0.3 is 0 Å². The Hall–Kier alpha value is -1.06. The van der Waals surface area contributed by atoms with Crippen molar-refractivity contribution in [2.24, 2.45) is 5.92 Å². The molecule has 23 heavy (non-hydrogen) atoms. The largest absolute Gasteiger partial charge is 0.493 e. The van der Waals surface area contributed by atoms with E-state index in [4.69, 9.17) is 4.74 Å². The van der Waals surface area contributed by atoms with Crippen molar-refractivity contribution in [3.8, 4) is 5.75 Å². The van der Waals surface area contributed by atoms with Crippen molar-refractivity contribution in [1.29, 1.82) is 0 Å². The number of piperazine rings is 1. The Morgan fingerprint density at radius 2 is 1.87 bits per heavy atom. The van der Waals surface area contributed by atoms with E-state index in [0.717, 1.165) is 31.9 Å². The highest BCUT2D eigenvalue weighted by molar-refractivity contribution is 5.44. The van der Waals surface area contributed by atoms with E-state index in [2.05, 4.69) is 50.0 Å². The van der Waals surface area contributed by atoms with E-state index in [-0.39, 0.29) is 0 Å². The first-order chi connectivity index (χ1) is 11.1. The van der Waals surface area contributed by atoms with Crippen LogP contribution in [-0.2, 0) is 6.42 Å². The van der Waals surface area contributed by atoms with Gasteiger partial charge in [0.25, 0.3) is 0 Å². The smallest absolute Gasteiger partial charge is 0.125 e. The molecule has 1 fully saturated rings. The number of aryl methyl sites for hydroxylation is 3. The number of ether oxygens (including phenoxy) is 1. The van der Waals surface area contributed by atoms with Gasteiger partial charge in [0.2, 0.25) is 0 Å². The van der Waals surface area contributed by atoms with Crippen molar-refractivity contribution in [3.05, 3.63) is 28.8 Å². The Balaban J connectivity index is 1.87. The van der Waals surface area contributed by atoms with Gasteiger partial charge in [0, 0.05) is 26.2 Å². The first-order valence-electron chi connectivity index (χ1n) is 9.22. The summed E-state index contributed by atoms with van der Waals surface area (Å²) in [6.07, 6.45) is 3.64. The summed E-state index contributed by atoms with van der Waals surface area (Å²) in [5, 5.41) is 3.42. The van der Waals surface area contributed by atoms with Gasteiger partial charge in [-0.2, -0.15) is 0 Å². The Morgan fingerprint density at radius 3 is 2.57 bits per heavy atom. The zero-order valence-corrected chi connectivity index (χ0v) is 15.5. The third-order valence-corrected chi connectivity index (χ3v) is 4.44. The lowest BCUT2D eigenvalue weighted by molar-refractivity contribution is 0.236. The van der Waals surface area contributed by atoms with Gasteiger partial charge in [-0.1, -0.05) is 31.5 Å². The fourth-order valence-corrected chi connectivity index (χ4v) is 3.27. The highest BCUT2D eigenvalue weighted by Crippen LogP contribution is 2.27. The van der Waals surface area contributed by atoms with Crippen LogP contribution in [0.2, 0.25) is 0 Å². The van der Waals surface area contributed by atoms with Crippen LogP contribution in [0.25, 0.3) is 0 Å². The van der Waals surface area contributed by atoms with Crippen molar-refractivity contribution < 1.29 is 4.74 Å². The second kappa shape index (κ2) is 9.29. The molecule has 1 heterocycles. The molecule has 0 spiro atoms. The minimum absolute atomic E-state index is 0.566. The van der Waals surface area contributed by atoms with Crippen LogP contribution < -0.4 is 10.1 Å². The van der Waals surface area contributed by atoms with Crippen LogP contribution in [0.15, 0.2) is 12.1 Å². The van der Waals surface area contributed by atoms with E-state index in [1.165, 1.54) is 49.2 Å². The van der Waals surface area contributed by atoms with Gasteiger partial charge in [-0.15, -0.1) is 0 Å². The highest BCUT2D eigenvalue weighted by Gasteiger charge is 2.11. The first-order valence-corrected chi connectivity index (χ1v) is 9.22. The van der Waals surface area contributed by atoms with E-state index >= 15 is 0 Å². The summed E-state index contributed by atoms with van der Waals surface area (Å²) < 4.78 is 6.11. The molecular weight excluding hydrogens is 284 g/mol. The van der Waals surface area contributed by atoms with Gasteiger partial charge in [0.05, 0.1) is 6.61 Å². The van der Waals surface area contributed by atoms with Crippen LogP contribution in [0.4, 0.5) is 0 Å². The Morgan fingerprint density at radius 1 is 1.13 bits per heavy atom. The Bertz CT molecular complexity index is 479. The number of hydrogen-bond acceptors (Lipinski definition) is 3. The number of hydrogen-bond donors (Lipinski definition) is 1. The third kappa shape index (κ3) is 6.15. The van der Waals surface area contributed by atoms with E-state index < -0.39 is 0 Å². The van der Waals surface area contributed by atoms with Crippen LogP contribution in [0.3, 0.4) is 0 Å². The van der Waals surface area contributed by atoms with Gasteiger partial charge in [0.1, 0.15) is 5.75 Å². The fourth-order valence-electron chi connectivity index (χ4n) is 3.27. The van der Waals surface area contributed by atoms with Crippen molar-refractivity contribution in [1.82, 2.24) is 10.2 Å². The number of benzene rings is 1. The molecule has 3 nitrogen and oxygen atoms in total. The molecule has 0 saturated carbocycles. The summed E-state index contributed by atoms with van der Waals surface area (Å²) in [6, 6.07) is 4.55. The second-order valence-electron chi connectivity index (χ2n) is 7.32. The lowest BCUT2D eigenvalue weighted by Gasteiger charge is -2.27. The van der Waals surface area contributed by atoms with E-state index in [0.29, 0.717) is 5.92 Å². The van der Waals surface area contributed by atoms with Gasteiger partial charge in [0.15, 0.2) is 0 Å². The average molecular weight is 319 g/mol. The summed E-state index contributed by atoms with van der Waals surface area (Å²) in [7, 11) is 0. The predicted octanol–water partition coefficient (Wildman–Crippen LogP) is 3.57. The van der Waals surface area contributed by atoms with E-state index in [1.807, 2.05) is 0 Å². The molecule has 3 heteroatoms. The quantitative estimate of drug-likeness (QED) is 0.742. The molecule has 0 aromatic heterocycles. The maximum absolute atomic E-state index is 6.11. The lowest BCUT2D eigenvalue weighted by Crippen LogP contribution is -2.43. The molecule has 1 aliphatic heterocycles. The zero-order valence-electron chi connectivity index (χ0n) is 15.5. The van der Waals surface area contributed by atoms with Crippen molar-refractivity contribution in [2.45, 2.75) is 47.0 Å². The van der Waals surface area contributed by atoms with E-state index in [9.17, 15) is 0 Å². The zero-order chi connectivity index (χ0) is 16.7. The summed E-state index contributed by atoms with van der Waals surface area (Å²) in [4.78, 5) is 2.58. The number of rotatable bonds is 8. The molecule has 0 unspecified atom stereocenters. The van der Waals surface area contributed by atoms with Crippen LogP contribution >= 0.6 is 0 Å². The summed E-state index contributed by atoms with van der Waals surface area (Å²) >= 11 is 0. The normalized spacial score (nSPS) is 16.0. The third-order valence-electron chi connectivity index (χ3n) is 4.44. The fraction of sp³-hybridized carbons (Fsp3) is 0.700. The average Bonchev–Trinajstić information content (AvgIpc) is 2.51. The molecule has 0 amide bonds. The van der Waals surface area contributed by atoms with Crippen LogP contribution in [0.5, 0.6) is 5.75 Å². The van der Waals surface area contributed by atoms with Crippen LogP contribution in [0, 0.1) is 19.8 Å². The van der Waals surface area contributed by atoms with Gasteiger partial charge < -0.3 is 15.0 Å². The number of nitrogens with one attached hydrogen (secondary N) is 1. The molecule has 0 bridgehead atoms. The molecular formula is C20H34N2O. The van der Waals surface area contributed by atoms with Crippen molar-refractivity contribution in [2.75, 3.05) is 39.3 Å². The summed E-state index contributed by atoms with van der Waals surface area (Å²) in [5.74, 6) is 1.70. The Kier molecular flexibility index (Phi) is 7.38. The molecule has 0 aliphatic carbocycles. The molecule has 1 aliphatic rings. The number of nitrogens with zero attached hydrogens (tertiary/aromatic N) is 1. The summed E-state index contributed by atoms with van der Waals surface area (Å²) in [6.45, 7) is 15.5. The van der Waals surface area contributed by atoms with Crippen molar-refractivity contribution >= 4 is 0 Å². The predicted molar refractivity (Wildman–Crippen MR) is 98.5 cm³/mol.